The third-order valence-electron chi connectivity index (χ3n) is 2.36. The topological polar surface area (TPSA) is 91.1 Å². The SMILES string of the molecule is O=C(O)C[C@@H]1S/C(=N\N=C/c2ccc(Br)cc2)NC1=O. The van der Waals surface area contributed by atoms with E-state index >= 15 is 0 Å². The van der Waals surface area contributed by atoms with Crippen molar-refractivity contribution < 1.29 is 14.7 Å². The quantitative estimate of drug-likeness (QED) is 0.636. The van der Waals surface area contributed by atoms with E-state index in [1.807, 2.05) is 24.3 Å². The Labute approximate surface area is 127 Å². The highest BCUT2D eigenvalue weighted by Gasteiger charge is 2.32. The maximum atomic E-state index is 11.5. The lowest BCUT2D eigenvalue weighted by molar-refractivity contribution is -0.138. The van der Waals surface area contributed by atoms with Crippen LogP contribution in [0.4, 0.5) is 0 Å². The molecule has 1 aliphatic heterocycles. The predicted octanol–water partition coefficient (Wildman–Crippen LogP) is 1.85. The van der Waals surface area contributed by atoms with Gasteiger partial charge in [-0.2, -0.15) is 5.10 Å². The summed E-state index contributed by atoms with van der Waals surface area (Å²) in [6.45, 7) is 0. The van der Waals surface area contributed by atoms with Gasteiger partial charge in [0.1, 0.15) is 5.25 Å². The van der Waals surface area contributed by atoms with Gasteiger partial charge >= 0.3 is 5.97 Å². The molecule has 1 amide bonds. The summed E-state index contributed by atoms with van der Waals surface area (Å²) >= 11 is 4.40. The summed E-state index contributed by atoms with van der Waals surface area (Å²) in [6, 6.07) is 7.48. The van der Waals surface area contributed by atoms with Gasteiger partial charge in [-0.15, -0.1) is 5.10 Å². The minimum atomic E-state index is -1.02. The van der Waals surface area contributed by atoms with Crippen LogP contribution in [0, 0.1) is 0 Å². The van der Waals surface area contributed by atoms with E-state index in [2.05, 4.69) is 31.4 Å². The smallest absolute Gasteiger partial charge is 0.305 e. The molecule has 1 heterocycles. The van der Waals surface area contributed by atoms with Crippen LogP contribution < -0.4 is 5.32 Å². The Morgan fingerprint density at radius 2 is 2.15 bits per heavy atom. The van der Waals surface area contributed by atoms with Crippen molar-refractivity contribution in [2.75, 3.05) is 0 Å². The summed E-state index contributed by atoms with van der Waals surface area (Å²) in [5.74, 6) is -1.37. The number of carbonyl (C=O) groups excluding carboxylic acids is 1. The van der Waals surface area contributed by atoms with Crippen molar-refractivity contribution in [3.63, 3.8) is 0 Å². The van der Waals surface area contributed by atoms with Crippen LogP contribution in [0.3, 0.4) is 0 Å². The third kappa shape index (κ3) is 4.17. The highest BCUT2D eigenvalue weighted by Crippen LogP contribution is 2.22. The molecule has 0 aliphatic carbocycles. The molecule has 2 N–H and O–H groups in total. The molecule has 1 aliphatic rings. The van der Waals surface area contributed by atoms with E-state index in [-0.39, 0.29) is 12.3 Å². The number of hydrogen-bond acceptors (Lipinski definition) is 5. The number of rotatable bonds is 4. The van der Waals surface area contributed by atoms with E-state index in [1.54, 1.807) is 6.21 Å². The number of nitrogens with zero attached hydrogens (tertiary/aromatic N) is 2. The van der Waals surface area contributed by atoms with E-state index in [9.17, 15) is 9.59 Å². The average molecular weight is 356 g/mol. The Morgan fingerprint density at radius 1 is 1.45 bits per heavy atom. The number of amidine groups is 1. The zero-order chi connectivity index (χ0) is 14.5. The molecular weight excluding hydrogens is 346 g/mol. The maximum absolute atomic E-state index is 11.5. The van der Waals surface area contributed by atoms with Gasteiger partial charge in [-0.05, 0) is 17.7 Å². The van der Waals surface area contributed by atoms with Crippen LogP contribution in [-0.2, 0) is 9.59 Å². The molecule has 2 rings (SSSR count). The van der Waals surface area contributed by atoms with E-state index in [4.69, 9.17) is 5.11 Å². The lowest BCUT2D eigenvalue weighted by atomic mass is 10.2. The Kier molecular flexibility index (Phi) is 4.91. The number of thioether (sulfide) groups is 1. The van der Waals surface area contributed by atoms with Crippen molar-refractivity contribution in [1.29, 1.82) is 0 Å². The molecule has 1 fully saturated rings. The van der Waals surface area contributed by atoms with Gasteiger partial charge in [-0.1, -0.05) is 39.8 Å². The van der Waals surface area contributed by atoms with Crippen molar-refractivity contribution in [3.8, 4) is 0 Å². The van der Waals surface area contributed by atoms with E-state index in [1.165, 1.54) is 0 Å². The fourth-order valence-corrected chi connectivity index (χ4v) is 2.62. The lowest BCUT2D eigenvalue weighted by Gasteiger charge is -1.97. The van der Waals surface area contributed by atoms with Crippen molar-refractivity contribution in [2.24, 2.45) is 10.2 Å². The minimum absolute atomic E-state index is 0.230. The first-order valence-corrected chi connectivity index (χ1v) is 7.28. The second kappa shape index (κ2) is 6.67. The van der Waals surface area contributed by atoms with Crippen LogP contribution in [0.5, 0.6) is 0 Å². The Hall–Kier alpha value is -1.67. The Balaban J connectivity index is 1.97. The van der Waals surface area contributed by atoms with E-state index in [0.29, 0.717) is 5.17 Å². The average Bonchev–Trinajstić information content (AvgIpc) is 2.72. The first kappa shape index (κ1) is 14.7. The molecule has 6 nitrogen and oxygen atoms in total. The van der Waals surface area contributed by atoms with Crippen LogP contribution in [0.25, 0.3) is 0 Å². The fraction of sp³-hybridized carbons (Fsp3) is 0.167. The lowest BCUT2D eigenvalue weighted by Crippen LogP contribution is -2.26. The number of hydrogen-bond donors (Lipinski definition) is 2. The fourth-order valence-electron chi connectivity index (χ4n) is 1.44. The van der Waals surface area contributed by atoms with Crippen molar-refractivity contribution in [1.82, 2.24) is 5.32 Å². The largest absolute Gasteiger partial charge is 0.481 e. The van der Waals surface area contributed by atoms with Crippen molar-refractivity contribution in [3.05, 3.63) is 34.3 Å². The molecule has 0 aromatic heterocycles. The molecule has 104 valence electrons. The standard InChI is InChI=1S/C12H10BrN3O3S/c13-8-3-1-7(2-4-8)6-14-16-12-15-11(19)9(20-12)5-10(17)18/h1-4,6,9H,5H2,(H,17,18)(H,15,16,19)/b14-6-/t9-/m0/s1. The van der Waals surface area contributed by atoms with Gasteiger partial charge < -0.3 is 10.4 Å². The van der Waals surface area contributed by atoms with Gasteiger partial charge in [-0.25, -0.2) is 0 Å². The molecule has 0 spiro atoms. The number of aliphatic carboxylic acids is 1. The summed E-state index contributed by atoms with van der Waals surface area (Å²) in [6.07, 6.45) is 1.32. The molecule has 8 heteroatoms. The van der Waals surface area contributed by atoms with E-state index < -0.39 is 11.2 Å². The van der Waals surface area contributed by atoms with E-state index in [0.717, 1.165) is 21.8 Å². The number of carbonyl (C=O) groups is 2. The second-order valence-corrected chi connectivity index (χ2v) is 6.00. The minimum Gasteiger partial charge on any atom is -0.481 e. The molecule has 0 radical (unpaired) electrons. The first-order valence-electron chi connectivity index (χ1n) is 5.60. The number of amides is 1. The number of benzene rings is 1. The number of halogens is 1. The summed E-state index contributed by atoms with van der Waals surface area (Å²) in [4.78, 5) is 22.0. The molecular formula is C12H10BrN3O3S. The number of carboxylic acids is 1. The van der Waals surface area contributed by atoms with Crippen molar-refractivity contribution >= 4 is 51.0 Å². The van der Waals surface area contributed by atoms with Crippen molar-refractivity contribution in [2.45, 2.75) is 11.7 Å². The summed E-state index contributed by atoms with van der Waals surface area (Å²) < 4.78 is 0.969. The molecule has 1 aromatic carbocycles. The highest BCUT2D eigenvalue weighted by atomic mass is 79.9. The predicted molar refractivity (Wildman–Crippen MR) is 80.9 cm³/mol. The summed E-state index contributed by atoms with van der Waals surface area (Å²) in [5.41, 5.74) is 0.869. The first-order chi connectivity index (χ1) is 9.54. The molecule has 0 bridgehead atoms. The normalized spacial score (nSPS) is 20.6. The van der Waals surface area contributed by atoms with Gasteiger partial charge in [0.25, 0.3) is 0 Å². The Morgan fingerprint density at radius 3 is 2.80 bits per heavy atom. The van der Waals surface area contributed by atoms with Crippen LogP contribution in [-0.4, -0.2) is 33.6 Å². The molecule has 0 saturated carbocycles. The summed E-state index contributed by atoms with van der Waals surface area (Å²) in [5, 5.41) is 18.5. The molecule has 1 saturated heterocycles. The second-order valence-electron chi connectivity index (χ2n) is 3.89. The van der Waals surface area contributed by atoms with Gasteiger partial charge in [0.15, 0.2) is 5.17 Å². The zero-order valence-corrected chi connectivity index (χ0v) is 12.5. The monoisotopic (exact) mass is 355 g/mol. The Bertz CT molecular complexity index is 586. The zero-order valence-electron chi connectivity index (χ0n) is 10.1. The number of carboxylic acid groups (broad SMARTS) is 1. The summed E-state index contributed by atoms with van der Waals surface area (Å²) in [7, 11) is 0. The molecule has 1 atom stereocenters. The maximum Gasteiger partial charge on any atom is 0.305 e. The van der Waals surface area contributed by atoms with Crippen LogP contribution in [0.1, 0.15) is 12.0 Å². The van der Waals surface area contributed by atoms with Gasteiger partial charge in [0, 0.05) is 4.47 Å². The molecule has 1 aromatic rings. The molecule has 0 unspecified atom stereocenters. The molecule has 20 heavy (non-hydrogen) atoms. The third-order valence-corrected chi connectivity index (χ3v) is 3.96. The van der Waals surface area contributed by atoms with Gasteiger partial charge in [-0.3, -0.25) is 9.59 Å². The van der Waals surface area contributed by atoms with Crippen LogP contribution >= 0.6 is 27.7 Å². The highest BCUT2D eigenvalue weighted by molar-refractivity contribution is 9.10. The van der Waals surface area contributed by atoms with Gasteiger partial charge in [0.05, 0.1) is 12.6 Å². The number of nitrogens with one attached hydrogen (secondary N) is 1. The van der Waals surface area contributed by atoms with Crippen LogP contribution in [0.15, 0.2) is 38.9 Å². The van der Waals surface area contributed by atoms with Gasteiger partial charge in [0.2, 0.25) is 5.91 Å². The van der Waals surface area contributed by atoms with Crippen LogP contribution in [0.2, 0.25) is 0 Å².